The van der Waals surface area contributed by atoms with Crippen LogP contribution in [-0.4, -0.2) is 27.6 Å². The average Bonchev–Trinajstić information content (AvgIpc) is 3.61. The van der Waals surface area contributed by atoms with Gasteiger partial charge in [-0.2, -0.15) is 0 Å². The number of imidazole rings is 1. The van der Waals surface area contributed by atoms with E-state index in [-0.39, 0.29) is 31.6 Å². The molecule has 45 heavy (non-hydrogen) atoms. The fourth-order valence-electron chi connectivity index (χ4n) is 5.33. The predicted molar refractivity (Wildman–Crippen MR) is 185 cm³/mol. The van der Waals surface area contributed by atoms with Gasteiger partial charge in [-0.1, -0.05) is 81.1 Å². The summed E-state index contributed by atoms with van der Waals surface area (Å²) in [5.74, 6) is 0.660. The Bertz CT molecular complexity index is 2290. The Labute approximate surface area is 287 Å². The first-order valence-corrected chi connectivity index (χ1v) is 18.2. The van der Waals surface area contributed by atoms with Crippen molar-refractivity contribution < 1.29 is 31.4 Å². The molecule has 0 aliphatic rings. The minimum atomic E-state index is -2.16. The molecule has 0 unspecified atom stereocenters. The zero-order valence-corrected chi connectivity index (χ0v) is 29.6. The molecule has 7 heteroatoms. The van der Waals surface area contributed by atoms with Crippen molar-refractivity contribution in [3.05, 3.63) is 109 Å². The van der Waals surface area contributed by atoms with Gasteiger partial charge < -0.3 is 14.0 Å². The second-order valence-electron chi connectivity index (χ2n) is 12.2. The molecule has 4 heterocycles. The first-order chi connectivity index (χ1) is 23.1. The maximum atomic E-state index is 8.59. The Morgan fingerprint density at radius 1 is 1.02 bits per heavy atom. The summed E-state index contributed by atoms with van der Waals surface area (Å²) in [5.41, 5.74) is 6.68. The van der Waals surface area contributed by atoms with Gasteiger partial charge in [0.2, 0.25) is 0 Å². The summed E-state index contributed by atoms with van der Waals surface area (Å²) >= 11 is 0. The quantitative estimate of drug-likeness (QED) is 0.129. The van der Waals surface area contributed by atoms with Gasteiger partial charge in [0.1, 0.15) is 5.58 Å². The normalized spacial score (nSPS) is 13.8. The summed E-state index contributed by atoms with van der Waals surface area (Å²) in [6.45, 7) is 8.14. The van der Waals surface area contributed by atoms with Gasteiger partial charge in [-0.05, 0) is 35.3 Å². The van der Waals surface area contributed by atoms with E-state index in [4.69, 9.17) is 16.3 Å². The molecule has 3 aromatic carbocycles. The SMILES string of the molecule is Cn1c(-c2[c-]ccc3c2oc2ccccc23)nc2ccncc21.[2H]C([2H])([2H])c1c[c-]c(-c2cc(C([2H])([2H])C(C)C)c([Si](C)(C)C)cn2)cc1.[Ir]. The molecular formula is C38H38IrN4OSi-2. The van der Waals surface area contributed by atoms with Gasteiger partial charge >= 0.3 is 0 Å². The number of nitrogens with zero attached hydrogens (tertiary/aromatic N) is 4. The van der Waals surface area contributed by atoms with Gasteiger partial charge in [0, 0.05) is 51.8 Å². The van der Waals surface area contributed by atoms with Crippen LogP contribution >= 0.6 is 0 Å². The zero-order chi connectivity index (χ0) is 35.3. The van der Waals surface area contributed by atoms with E-state index >= 15 is 0 Å². The van der Waals surface area contributed by atoms with E-state index in [0.717, 1.165) is 49.5 Å². The van der Waals surface area contributed by atoms with Crippen LogP contribution in [0.1, 0.15) is 31.8 Å². The number of fused-ring (bicyclic) bond motifs is 4. The monoisotopic (exact) mass is 792 g/mol. The number of aromatic nitrogens is 4. The van der Waals surface area contributed by atoms with Crippen LogP contribution in [0.2, 0.25) is 19.6 Å². The maximum absolute atomic E-state index is 8.59. The molecule has 0 spiro atoms. The van der Waals surface area contributed by atoms with E-state index in [0.29, 0.717) is 16.8 Å². The fraction of sp³-hybridized carbons (Fsp3) is 0.237. The van der Waals surface area contributed by atoms with Crippen molar-refractivity contribution in [1.82, 2.24) is 19.5 Å². The second-order valence-corrected chi connectivity index (χ2v) is 17.2. The molecule has 7 rings (SSSR count). The van der Waals surface area contributed by atoms with Gasteiger partial charge in [0.15, 0.2) is 0 Å². The van der Waals surface area contributed by atoms with Crippen LogP contribution in [0, 0.1) is 24.9 Å². The number of hydrogen-bond donors (Lipinski definition) is 0. The van der Waals surface area contributed by atoms with Crippen LogP contribution in [0.4, 0.5) is 0 Å². The van der Waals surface area contributed by atoms with Crippen molar-refractivity contribution in [2.24, 2.45) is 13.0 Å². The van der Waals surface area contributed by atoms with Crippen LogP contribution in [0.3, 0.4) is 0 Å². The third-order valence-electron chi connectivity index (χ3n) is 7.49. The first-order valence-electron chi connectivity index (χ1n) is 17.2. The summed E-state index contributed by atoms with van der Waals surface area (Å²) in [7, 11) is 0.209. The molecule has 4 aromatic heterocycles. The number of para-hydroxylation sites is 1. The Hall–Kier alpha value is -3.90. The molecule has 1 radical (unpaired) electrons. The minimum absolute atomic E-state index is 0. The summed E-state index contributed by atoms with van der Waals surface area (Å²) < 4.78 is 47.7. The molecular weight excluding hydrogens is 749 g/mol. The Morgan fingerprint density at radius 2 is 1.84 bits per heavy atom. The van der Waals surface area contributed by atoms with Crippen molar-refractivity contribution in [3.63, 3.8) is 0 Å². The van der Waals surface area contributed by atoms with Gasteiger partial charge in [0.25, 0.3) is 0 Å². The molecule has 231 valence electrons. The summed E-state index contributed by atoms with van der Waals surface area (Å²) in [4.78, 5) is 13.5. The number of hydrogen-bond acceptors (Lipinski definition) is 4. The Balaban J connectivity index is 0.000000191. The van der Waals surface area contributed by atoms with Crippen molar-refractivity contribution >= 4 is 46.2 Å². The number of pyridine rings is 2. The summed E-state index contributed by atoms with van der Waals surface area (Å²) in [6.07, 6.45) is 3.91. The Morgan fingerprint density at radius 3 is 2.56 bits per heavy atom. The van der Waals surface area contributed by atoms with E-state index in [1.807, 2.05) is 74.1 Å². The molecule has 0 N–H and O–H groups in total. The largest absolute Gasteiger partial charge is 0.501 e. The van der Waals surface area contributed by atoms with E-state index in [1.54, 1.807) is 24.5 Å². The predicted octanol–water partition coefficient (Wildman–Crippen LogP) is 8.93. The summed E-state index contributed by atoms with van der Waals surface area (Å²) in [6, 6.07) is 26.8. The van der Waals surface area contributed by atoms with E-state index in [2.05, 4.69) is 47.8 Å². The average molecular weight is 792 g/mol. The van der Waals surface area contributed by atoms with Crippen LogP contribution in [-0.2, 0) is 33.5 Å². The zero-order valence-electron chi connectivity index (χ0n) is 31.2. The van der Waals surface area contributed by atoms with Crippen molar-refractivity contribution in [2.45, 2.75) is 46.7 Å². The second kappa shape index (κ2) is 13.2. The van der Waals surface area contributed by atoms with Gasteiger partial charge in [0.05, 0.1) is 36.7 Å². The van der Waals surface area contributed by atoms with Crippen LogP contribution < -0.4 is 5.19 Å². The minimum Gasteiger partial charge on any atom is -0.501 e. The third-order valence-corrected chi connectivity index (χ3v) is 9.50. The molecule has 5 nitrogen and oxygen atoms in total. The van der Waals surface area contributed by atoms with Gasteiger partial charge in [-0.25, -0.2) is 0 Å². The molecule has 0 atom stereocenters. The van der Waals surface area contributed by atoms with Gasteiger partial charge in [-0.3, -0.25) is 9.97 Å². The van der Waals surface area contributed by atoms with E-state index in [1.165, 1.54) is 6.07 Å². The number of furan rings is 1. The van der Waals surface area contributed by atoms with Crippen molar-refractivity contribution in [3.8, 4) is 22.6 Å². The molecule has 0 saturated carbocycles. The molecule has 7 aromatic rings. The van der Waals surface area contributed by atoms with Crippen LogP contribution in [0.25, 0.3) is 55.6 Å². The number of rotatable bonds is 5. The number of benzene rings is 3. The molecule has 0 bridgehead atoms. The van der Waals surface area contributed by atoms with Crippen LogP contribution in [0.5, 0.6) is 0 Å². The molecule has 0 saturated heterocycles. The van der Waals surface area contributed by atoms with Gasteiger partial charge in [-0.15, -0.1) is 53.6 Å². The van der Waals surface area contributed by atoms with E-state index < -0.39 is 21.3 Å². The number of aryl methyl sites for hydroxylation is 2. The molecule has 0 aliphatic heterocycles. The Kier molecular flexibility index (Phi) is 7.73. The smallest absolute Gasteiger partial charge is 0.120 e. The van der Waals surface area contributed by atoms with Crippen molar-refractivity contribution in [1.29, 1.82) is 0 Å². The maximum Gasteiger partial charge on any atom is 0.120 e. The third kappa shape index (κ3) is 6.71. The van der Waals surface area contributed by atoms with Crippen molar-refractivity contribution in [2.75, 3.05) is 0 Å². The van der Waals surface area contributed by atoms with Crippen LogP contribution in [0.15, 0.2) is 89.7 Å². The molecule has 0 aliphatic carbocycles. The topological polar surface area (TPSA) is 56.7 Å². The fourth-order valence-corrected chi connectivity index (χ4v) is 6.73. The molecule has 0 amide bonds. The first kappa shape index (κ1) is 26.3. The summed E-state index contributed by atoms with van der Waals surface area (Å²) in [5, 5.41) is 3.21. The van der Waals surface area contributed by atoms with E-state index in [9.17, 15) is 0 Å². The standard InChI is InChI=1S/C19H12N3O.C19H26NSi.Ir/c1-22-16-11-20-10-9-15(16)21-19(22)14-7-4-6-13-12-5-2-3-8-17(12)23-18(13)14;1-14(2)11-17-12-18(16-9-7-15(3)8-10-16)20-13-19(17)21(4,5)6;/h2-6,8-11H,1H3;7-9,12-14H,11H2,1-6H3;/q2*-1;/i;3D3,11D2;. The molecule has 0 fully saturated rings.